The van der Waals surface area contributed by atoms with Crippen molar-refractivity contribution in [2.75, 3.05) is 51.0 Å². The lowest BCUT2D eigenvalue weighted by atomic mass is 9.80. The van der Waals surface area contributed by atoms with Crippen LogP contribution in [0.25, 0.3) is 0 Å². The van der Waals surface area contributed by atoms with E-state index in [-0.39, 0.29) is 22.6 Å². The summed E-state index contributed by atoms with van der Waals surface area (Å²) in [7, 11) is -3.76. The maximum atomic E-state index is 14.1. The topological polar surface area (TPSA) is 90.4 Å². The molecule has 1 aromatic heterocycles. The van der Waals surface area contributed by atoms with Crippen LogP contribution in [0.15, 0.2) is 21.6 Å². The molecular weight excluding hydrogens is 538 g/mol. The average molecular weight is 573 g/mol. The van der Waals surface area contributed by atoms with Gasteiger partial charge in [0.15, 0.2) is 5.79 Å². The van der Waals surface area contributed by atoms with Crippen molar-refractivity contribution in [1.82, 2.24) is 9.29 Å². The summed E-state index contributed by atoms with van der Waals surface area (Å²) in [5.41, 5.74) is -0.345. The molecule has 35 heavy (non-hydrogen) atoms. The van der Waals surface area contributed by atoms with E-state index in [1.54, 1.807) is 16.6 Å². The first kappa shape index (κ1) is 24.5. The van der Waals surface area contributed by atoms with Gasteiger partial charge in [0.1, 0.15) is 10.7 Å². The van der Waals surface area contributed by atoms with Gasteiger partial charge in [0.05, 0.1) is 44.2 Å². The summed E-state index contributed by atoms with van der Waals surface area (Å²) in [4.78, 5) is 7.03. The maximum Gasteiger partial charge on any atom is 0.247 e. The first-order valence-electron chi connectivity index (χ1n) is 12.9. The molecule has 11 heteroatoms. The number of nitrogens with zero attached hydrogens (tertiary/aromatic N) is 3. The summed E-state index contributed by atoms with van der Waals surface area (Å²) < 4.78 is 54.7. The zero-order valence-electron chi connectivity index (χ0n) is 20.0. The zero-order valence-corrected chi connectivity index (χ0v) is 22.4. The molecule has 6 rings (SSSR count). The first-order valence-corrected chi connectivity index (χ1v) is 15.1. The van der Waals surface area contributed by atoms with Gasteiger partial charge in [-0.05, 0) is 47.7 Å². The Bertz CT molecular complexity index is 1040. The van der Waals surface area contributed by atoms with Crippen molar-refractivity contribution >= 4 is 31.8 Å². The number of fused-ring (bicyclic) bond motifs is 1. The number of hydrogen-bond donors (Lipinski definition) is 0. The molecule has 2 aliphatic carbocycles. The third-order valence-corrected chi connectivity index (χ3v) is 10.7. The summed E-state index contributed by atoms with van der Waals surface area (Å²) in [6, 6.07) is 1.61. The maximum absolute atomic E-state index is 14.1. The Hall–Kier alpha value is -0.820. The van der Waals surface area contributed by atoms with Crippen molar-refractivity contribution in [3.05, 3.63) is 16.7 Å². The van der Waals surface area contributed by atoms with Crippen molar-refractivity contribution in [3.63, 3.8) is 0 Å². The molecule has 2 unspecified atom stereocenters. The molecule has 5 aliphatic rings. The lowest BCUT2D eigenvalue weighted by molar-refractivity contribution is -0.211. The number of halogens is 1. The lowest BCUT2D eigenvalue weighted by Gasteiger charge is -2.49. The predicted octanol–water partition coefficient (Wildman–Crippen LogP) is 3.07. The second kappa shape index (κ2) is 9.49. The van der Waals surface area contributed by atoms with Crippen molar-refractivity contribution in [2.45, 2.75) is 79.8 Å². The number of sulfonamides is 1. The van der Waals surface area contributed by atoms with E-state index in [1.807, 2.05) is 0 Å². The molecule has 2 spiro atoms. The van der Waals surface area contributed by atoms with Crippen LogP contribution < -0.4 is 4.90 Å². The molecule has 5 fully saturated rings. The van der Waals surface area contributed by atoms with Crippen LogP contribution in [0.5, 0.6) is 0 Å². The summed E-state index contributed by atoms with van der Waals surface area (Å²) >= 11 is 3.47. The predicted molar refractivity (Wildman–Crippen MR) is 132 cm³/mol. The molecule has 0 amide bonds. The van der Waals surface area contributed by atoms with Gasteiger partial charge in [0.2, 0.25) is 10.0 Å². The molecule has 9 nitrogen and oxygen atoms in total. The second-order valence-electron chi connectivity index (χ2n) is 10.4. The largest absolute Gasteiger partial charge is 0.375 e. The molecule has 4 heterocycles. The van der Waals surface area contributed by atoms with E-state index in [2.05, 4.69) is 25.8 Å². The Morgan fingerprint density at radius 2 is 1.74 bits per heavy atom. The van der Waals surface area contributed by atoms with Gasteiger partial charge in [0, 0.05) is 43.1 Å². The molecule has 2 atom stereocenters. The highest BCUT2D eigenvalue weighted by Gasteiger charge is 2.49. The summed E-state index contributed by atoms with van der Waals surface area (Å²) in [5, 5.41) is 0. The molecule has 0 N–H and O–H groups in total. The van der Waals surface area contributed by atoms with Crippen LogP contribution in [0.3, 0.4) is 0 Å². The quantitative estimate of drug-likeness (QED) is 0.546. The van der Waals surface area contributed by atoms with Gasteiger partial charge in [-0.3, -0.25) is 0 Å². The van der Waals surface area contributed by atoms with Crippen LogP contribution in [-0.2, 0) is 29.0 Å². The molecule has 194 valence electrons. The van der Waals surface area contributed by atoms with Crippen LogP contribution in [-0.4, -0.2) is 87.3 Å². The Morgan fingerprint density at radius 3 is 2.54 bits per heavy atom. The van der Waals surface area contributed by atoms with Crippen LogP contribution >= 0.6 is 15.9 Å². The van der Waals surface area contributed by atoms with E-state index in [4.69, 9.17) is 18.9 Å². The fourth-order valence-corrected chi connectivity index (χ4v) is 8.86. The summed E-state index contributed by atoms with van der Waals surface area (Å²) in [6.07, 6.45) is 8.76. The van der Waals surface area contributed by atoms with Crippen LogP contribution in [0.2, 0.25) is 0 Å². The van der Waals surface area contributed by atoms with Crippen molar-refractivity contribution in [3.8, 4) is 0 Å². The Labute approximate surface area is 215 Å². The van der Waals surface area contributed by atoms with E-state index >= 15 is 0 Å². The van der Waals surface area contributed by atoms with E-state index in [1.165, 1.54) is 0 Å². The number of rotatable bonds is 3. The third-order valence-electron chi connectivity index (χ3n) is 8.35. The molecule has 0 radical (unpaired) electrons. The van der Waals surface area contributed by atoms with Gasteiger partial charge in [0.25, 0.3) is 0 Å². The number of morpholine rings is 2. The number of ether oxygens (including phenoxy) is 4. The second-order valence-corrected chi connectivity index (χ2v) is 13.2. The van der Waals surface area contributed by atoms with Crippen molar-refractivity contribution in [2.24, 2.45) is 0 Å². The van der Waals surface area contributed by atoms with Gasteiger partial charge in [-0.1, -0.05) is 12.8 Å². The molecule has 3 saturated heterocycles. The summed E-state index contributed by atoms with van der Waals surface area (Å²) in [5.74, 6) is 0.0528. The molecule has 2 saturated carbocycles. The lowest BCUT2D eigenvalue weighted by Crippen LogP contribution is -2.57. The zero-order chi connectivity index (χ0) is 24.1. The van der Waals surface area contributed by atoms with Gasteiger partial charge in [-0.15, -0.1) is 0 Å². The van der Waals surface area contributed by atoms with Crippen molar-refractivity contribution in [1.29, 1.82) is 0 Å². The van der Waals surface area contributed by atoms with E-state index < -0.39 is 15.8 Å². The highest BCUT2D eigenvalue weighted by molar-refractivity contribution is 9.10. The standard InChI is InChI=1S/C24H34BrN3O6S/c25-18-15-21(35(29,30)28-10-11-31-20-4-2-1-3-19(20)28)22(26-16-18)27-9-12-32-23(17-27)5-7-24(8-6-23)33-13-14-34-24/h15-16,19-20H,1-14,17H2. The molecule has 0 aromatic carbocycles. The number of aromatic nitrogens is 1. The minimum atomic E-state index is -3.76. The van der Waals surface area contributed by atoms with E-state index in [9.17, 15) is 8.42 Å². The fourth-order valence-electron chi connectivity index (χ4n) is 6.53. The fraction of sp³-hybridized carbons (Fsp3) is 0.792. The smallest absolute Gasteiger partial charge is 0.247 e. The third kappa shape index (κ3) is 4.55. The molecule has 0 bridgehead atoms. The van der Waals surface area contributed by atoms with Crippen LogP contribution in [0.1, 0.15) is 51.4 Å². The van der Waals surface area contributed by atoms with Gasteiger partial charge >= 0.3 is 0 Å². The van der Waals surface area contributed by atoms with Crippen LogP contribution in [0, 0.1) is 0 Å². The van der Waals surface area contributed by atoms with Crippen molar-refractivity contribution < 1.29 is 27.4 Å². The Kier molecular flexibility index (Phi) is 6.64. The first-order chi connectivity index (χ1) is 16.9. The average Bonchev–Trinajstić information content (AvgIpc) is 3.34. The number of pyridine rings is 1. The number of anilines is 1. The summed E-state index contributed by atoms with van der Waals surface area (Å²) in [6.45, 7) is 3.85. The monoisotopic (exact) mass is 571 g/mol. The van der Waals surface area contributed by atoms with Crippen LogP contribution in [0.4, 0.5) is 5.82 Å². The highest BCUT2D eigenvalue weighted by atomic mass is 79.9. The van der Waals surface area contributed by atoms with E-state index in [0.717, 1.165) is 51.4 Å². The minimum absolute atomic E-state index is 0.0166. The Balaban J connectivity index is 1.28. The SMILES string of the molecule is O=S(=O)(c1cc(Br)cnc1N1CCOC2(CCC3(CC2)OCCO3)C1)N1CCOC2CCCCC21. The normalized spacial score (nSPS) is 31.1. The van der Waals surface area contributed by atoms with Gasteiger partial charge in [-0.2, -0.15) is 4.31 Å². The van der Waals surface area contributed by atoms with Gasteiger partial charge in [-0.25, -0.2) is 13.4 Å². The van der Waals surface area contributed by atoms with Gasteiger partial charge < -0.3 is 23.8 Å². The molecule has 1 aromatic rings. The Morgan fingerprint density at radius 1 is 0.971 bits per heavy atom. The number of hydrogen-bond acceptors (Lipinski definition) is 8. The van der Waals surface area contributed by atoms with E-state index in [0.29, 0.717) is 56.4 Å². The molecule has 3 aliphatic heterocycles. The highest BCUT2D eigenvalue weighted by Crippen LogP contribution is 2.44. The minimum Gasteiger partial charge on any atom is -0.375 e. The molecular formula is C24H34BrN3O6S.